The molecule has 1 aromatic carbocycles. The van der Waals surface area contributed by atoms with Gasteiger partial charge >= 0.3 is 0 Å². The van der Waals surface area contributed by atoms with Crippen LogP contribution >= 0.6 is 0 Å². The Hall–Kier alpha value is -2.14. The van der Waals surface area contributed by atoms with E-state index in [0.717, 1.165) is 12.2 Å². The fourth-order valence-corrected chi connectivity index (χ4v) is 3.73. The fourth-order valence-electron chi connectivity index (χ4n) is 3.73. The molecule has 1 amide bonds. The standard InChI is InChI=1S/C21H30N4O/c1-17-20(15-23-25(17)16-18-9-5-3-6-10-18)21(26)22-13-14-24(2)19-11-7-4-8-12-19/h3,5-6,9-10,15,19H,4,7-8,11-14,16H2,1-2H3,(H,22,26). The van der Waals surface area contributed by atoms with Gasteiger partial charge in [0.25, 0.3) is 5.91 Å². The molecule has 1 aliphatic carbocycles. The van der Waals surface area contributed by atoms with E-state index in [2.05, 4.69) is 34.5 Å². The van der Waals surface area contributed by atoms with E-state index in [1.165, 1.54) is 37.7 Å². The molecule has 0 aliphatic heterocycles. The quantitative estimate of drug-likeness (QED) is 0.830. The summed E-state index contributed by atoms with van der Waals surface area (Å²) in [6.07, 6.45) is 8.29. The Morgan fingerprint density at radius 1 is 1.23 bits per heavy atom. The van der Waals surface area contributed by atoms with E-state index in [9.17, 15) is 4.79 Å². The van der Waals surface area contributed by atoms with Gasteiger partial charge in [-0.25, -0.2) is 0 Å². The predicted octanol–water partition coefficient (Wildman–Crippen LogP) is 3.23. The van der Waals surface area contributed by atoms with Gasteiger partial charge in [0.1, 0.15) is 0 Å². The number of aromatic nitrogens is 2. The Bertz CT molecular complexity index is 704. The molecule has 3 rings (SSSR count). The molecule has 0 saturated heterocycles. The van der Waals surface area contributed by atoms with Crippen LogP contribution in [0.2, 0.25) is 0 Å². The summed E-state index contributed by atoms with van der Waals surface area (Å²) in [5.41, 5.74) is 2.76. The number of amides is 1. The van der Waals surface area contributed by atoms with Crippen molar-refractivity contribution in [1.82, 2.24) is 20.0 Å². The van der Waals surface area contributed by atoms with E-state index < -0.39 is 0 Å². The lowest BCUT2D eigenvalue weighted by molar-refractivity contribution is 0.0943. The highest BCUT2D eigenvalue weighted by Crippen LogP contribution is 2.21. The van der Waals surface area contributed by atoms with Gasteiger partial charge in [0.05, 0.1) is 18.3 Å². The number of hydrogen-bond acceptors (Lipinski definition) is 3. The zero-order valence-corrected chi connectivity index (χ0v) is 15.9. The minimum absolute atomic E-state index is 0.0288. The van der Waals surface area contributed by atoms with Gasteiger partial charge in [0.15, 0.2) is 0 Å². The van der Waals surface area contributed by atoms with E-state index in [0.29, 0.717) is 24.7 Å². The van der Waals surface area contributed by atoms with Gasteiger partial charge in [0, 0.05) is 24.8 Å². The van der Waals surface area contributed by atoms with Gasteiger partial charge in [-0.1, -0.05) is 49.6 Å². The van der Waals surface area contributed by atoms with E-state index >= 15 is 0 Å². The minimum Gasteiger partial charge on any atom is -0.351 e. The summed E-state index contributed by atoms with van der Waals surface area (Å²) in [7, 11) is 2.17. The molecule has 0 spiro atoms. The molecule has 1 fully saturated rings. The van der Waals surface area contributed by atoms with Crippen molar-refractivity contribution in [3.63, 3.8) is 0 Å². The Kier molecular flexibility index (Phi) is 6.45. The molecule has 26 heavy (non-hydrogen) atoms. The summed E-state index contributed by atoms with van der Waals surface area (Å²) in [6, 6.07) is 10.9. The molecule has 0 bridgehead atoms. The molecule has 2 aromatic rings. The van der Waals surface area contributed by atoms with Crippen molar-refractivity contribution in [2.45, 2.75) is 51.6 Å². The number of hydrogen-bond donors (Lipinski definition) is 1. The van der Waals surface area contributed by atoms with E-state index in [4.69, 9.17) is 0 Å². The summed E-state index contributed by atoms with van der Waals surface area (Å²) in [5, 5.41) is 7.45. The summed E-state index contributed by atoms with van der Waals surface area (Å²) >= 11 is 0. The highest BCUT2D eigenvalue weighted by molar-refractivity contribution is 5.95. The van der Waals surface area contributed by atoms with Crippen molar-refractivity contribution in [3.8, 4) is 0 Å². The first-order valence-corrected chi connectivity index (χ1v) is 9.70. The van der Waals surface area contributed by atoms with Crippen molar-refractivity contribution >= 4 is 5.91 Å². The van der Waals surface area contributed by atoms with E-state index in [1.54, 1.807) is 6.20 Å². The summed E-state index contributed by atoms with van der Waals surface area (Å²) in [5.74, 6) is -0.0288. The molecule has 5 heteroatoms. The van der Waals surface area contributed by atoms with Crippen LogP contribution in [-0.2, 0) is 6.54 Å². The Morgan fingerprint density at radius 3 is 2.69 bits per heavy atom. The van der Waals surface area contributed by atoms with Gasteiger partial charge in [-0.3, -0.25) is 9.48 Å². The third kappa shape index (κ3) is 4.73. The molecule has 5 nitrogen and oxygen atoms in total. The molecule has 1 saturated carbocycles. The molecule has 0 unspecified atom stereocenters. The summed E-state index contributed by atoms with van der Waals surface area (Å²) in [4.78, 5) is 14.9. The fraction of sp³-hybridized carbons (Fsp3) is 0.524. The van der Waals surface area contributed by atoms with Gasteiger partial charge in [-0.2, -0.15) is 5.10 Å². The first-order chi connectivity index (χ1) is 12.6. The first kappa shape index (κ1) is 18.6. The molecular weight excluding hydrogens is 324 g/mol. The average molecular weight is 354 g/mol. The second-order valence-electron chi connectivity index (χ2n) is 7.32. The lowest BCUT2D eigenvalue weighted by Gasteiger charge is -2.31. The van der Waals surface area contributed by atoms with E-state index in [-0.39, 0.29) is 5.91 Å². The second-order valence-corrected chi connectivity index (χ2v) is 7.32. The van der Waals surface area contributed by atoms with Crippen LogP contribution in [0.3, 0.4) is 0 Å². The topological polar surface area (TPSA) is 50.2 Å². The smallest absolute Gasteiger partial charge is 0.254 e. The molecular formula is C21H30N4O. The number of carbonyl (C=O) groups is 1. The predicted molar refractivity (Wildman–Crippen MR) is 104 cm³/mol. The Morgan fingerprint density at radius 2 is 1.96 bits per heavy atom. The van der Waals surface area contributed by atoms with Crippen molar-refractivity contribution < 1.29 is 4.79 Å². The van der Waals surface area contributed by atoms with Crippen LogP contribution in [0.25, 0.3) is 0 Å². The van der Waals surface area contributed by atoms with Crippen LogP contribution < -0.4 is 5.32 Å². The molecule has 0 atom stereocenters. The van der Waals surface area contributed by atoms with Crippen LogP contribution in [0.4, 0.5) is 0 Å². The molecule has 140 valence electrons. The lowest BCUT2D eigenvalue weighted by Crippen LogP contribution is -2.39. The maximum atomic E-state index is 12.5. The molecule has 0 radical (unpaired) electrons. The van der Waals surface area contributed by atoms with Gasteiger partial charge in [-0.05, 0) is 32.4 Å². The van der Waals surface area contributed by atoms with Gasteiger partial charge in [-0.15, -0.1) is 0 Å². The number of likely N-dealkylation sites (N-methyl/N-ethyl adjacent to an activating group) is 1. The maximum absolute atomic E-state index is 12.5. The molecule has 1 aromatic heterocycles. The largest absolute Gasteiger partial charge is 0.351 e. The van der Waals surface area contributed by atoms with Crippen LogP contribution in [0.15, 0.2) is 36.5 Å². The minimum atomic E-state index is -0.0288. The zero-order valence-electron chi connectivity index (χ0n) is 15.9. The molecule has 1 N–H and O–H groups in total. The number of carbonyl (C=O) groups excluding carboxylic acids is 1. The maximum Gasteiger partial charge on any atom is 0.254 e. The normalized spacial score (nSPS) is 15.3. The summed E-state index contributed by atoms with van der Waals surface area (Å²) in [6.45, 7) is 4.21. The third-order valence-electron chi connectivity index (χ3n) is 5.47. The van der Waals surface area contributed by atoms with Crippen LogP contribution in [0.5, 0.6) is 0 Å². The highest BCUT2D eigenvalue weighted by atomic mass is 16.1. The third-order valence-corrected chi connectivity index (χ3v) is 5.47. The Labute approximate surface area is 156 Å². The van der Waals surface area contributed by atoms with Crippen molar-refractivity contribution in [2.75, 3.05) is 20.1 Å². The van der Waals surface area contributed by atoms with Gasteiger partial charge < -0.3 is 10.2 Å². The second kappa shape index (κ2) is 8.99. The van der Waals surface area contributed by atoms with Crippen LogP contribution in [0, 0.1) is 6.92 Å². The average Bonchev–Trinajstić information content (AvgIpc) is 3.03. The number of benzene rings is 1. The Balaban J connectivity index is 1.50. The number of nitrogens with one attached hydrogen (secondary N) is 1. The SMILES string of the molecule is Cc1c(C(=O)NCCN(C)C2CCCCC2)cnn1Cc1ccccc1. The van der Waals surface area contributed by atoms with Gasteiger partial charge in [0.2, 0.25) is 0 Å². The van der Waals surface area contributed by atoms with Crippen molar-refractivity contribution in [3.05, 3.63) is 53.3 Å². The monoisotopic (exact) mass is 354 g/mol. The van der Waals surface area contributed by atoms with Crippen molar-refractivity contribution in [1.29, 1.82) is 0 Å². The molecule has 1 heterocycles. The zero-order chi connectivity index (χ0) is 18.4. The first-order valence-electron chi connectivity index (χ1n) is 9.70. The summed E-state index contributed by atoms with van der Waals surface area (Å²) < 4.78 is 1.89. The van der Waals surface area contributed by atoms with Crippen molar-refractivity contribution in [2.24, 2.45) is 0 Å². The highest BCUT2D eigenvalue weighted by Gasteiger charge is 2.18. The van der Waals surface area contributed by atoms with E-state index in [1.807, 2.05) is 29.8 Å². The van der Waals surface area contributed by atoms with Crippen LogP contribution in [0.1, 0.15) is 53.7 Å². The molecule has 1 aliphatic rings. The number of rotatable bonds is 7. The number of nitrogens with zero attached hydrogens (tertiary/aromatic N) is 3. The van der Waals surface area contributed by atoms with Crippen LogP contribution in [-0.4, -0.2) is 46.8 Å². The lowest BCUT2D eigenvalue weighted by atomic mass is 9.94.